The largest absolute Gasteiger partial charge is 0.479 e. The van der Waals surface area contributed by atoms with Gasteiger partial charge in [-0.25, -0.2) is 9.18 Å². The normalized spacial score (nSPS) is 12.9. The number of carbonyl (C=O) groups excluding carboxylic acids is 1. The van der Waals surface area contributed by atoms with E-state index >= 15 is 0 Å². The first kappa shape index (κ1) is 22.1. The molecular formula is C24H21FN4O4. The molecule has 0 bridgehead atoms. The van der Waals surface area contributed by atoms with Gasteiger partial charge in [0.15, 0.2) is 11.9 Å². The summed E-state index contributed by atoms with van der Waals surface area (Å²) in [4.78, 5) is 24.0. The molecule has 0 fully saturated rings. The van der Waals surface area contributed by atoms with Crippen molar-refractivity contribution in [3.8, 4) is 11.1 Å². The highest BCUT2D eigenvalue weighted by molar-refractivity contribution is 5.97. The summed E-state index contributed by atoms with van der Waals surface area (Å²) in [5, 5.41) is 31.4. The van der Waals surface area contributed by atoms with E-state index in [-0.39, 0.29) is 29.4 Å². The number of carboxylic acid groups (broad SMARTS) is 1. The lowest BCUT2D eigenvalue weighted by Gasteiger charge is -2.21. The molecule has 0 saturated heterocycles. The lowest BCUT2D eigenvalue weighted by atomic mass is 9.97. The zero-order valence-corrected chi connectivity index (χ0v) is 17.4. The first-order valence-corrected chi connectivity index (χ1v) is 10.3. The van der Waals surface area contributed by atoms with Crippen LogP contribution in [0, 0.1) is 5.82 Å². The highest BCUT2D eigenvalue weighted by atomic mass is 19.1. The molecule has 1 aromatic heterocycles. The molecular weight excluding hydrogens is 427 g/mol. The molecule has 0 spiro atoms. The Morgan fingerprint density at radius 1 is 1.03 bits per heavy atom. The van der Waals surface area contributed by atoms with Crippen molar-refractivity contribution in [2.24, 2.45) is 0 Å². The van der Waals surface area contributed by atoms with Crippen molar-refractivity contribution in [2.45, 2.75) is 25.0 Å². The van der Waals surface area contributed by atoms with Gasteiger partial charge >= 0.3 is 5.97 Å². The van der Waals surface area contributed by atoms with Gasteiger partial charge in [0.1, 0.15) is 11.0 Å². The second-order valence-electron chi connectivity index (χ2n) is 7.69. The average molecular weight is 448 g/mol. The summed E-state index contributed by atoms with van der Waals surface area (Å²) in [5.74, 6) is -2.67. The van der Waals surface area contributed by atoms with Crippen LogP contribution in [0.25, 0.3) is 22.2 Å². The number of benzene rings is 3. The highest BCUT2D eigenvalue weighted by Gasteiger charge is 2.23. The molecule has 4 rings (SSSR count). The number of hydrogen-bond acceptors (Lipinski definition) is 5. The number of carbonyl (C=O) groups is 2. The molecule has 0 aliphatic rings. The summed E-state index contributed by atoms with van der Waals surface area (Å²) in [6.07, 6.45) is -1.59. The molecule has 9 heteroatoms. The maximum atomic E-state index is 14.2. The predicted molar refractivity (Wildman–Crippen MR) is 119 cm³/mol. The number of aromatic nitrogens is 3. The molecule has 4 N–H and O–H groups in total. The van der Waals surface area contributed by atoms with E-state index in [0.717, 1.165) is 22.8 Å². The van der Waals surface area contributed by atoms with Crippen molar-refractivity contribution in [3.63, 3.8) is 0 Å². The van der Waals surface area contributed by atoms with Gasteiger partial charge in [0.05, 0.1) is 0 Å². The van der Waals surface area contributed by atoms with Crippen LogP contribution in [0.2, 0.25) is 0 Å². The Morgan fingerprint density at radius 2 is 1.73 bits per heavy atom. The Bertz CT molecular complexity index is 1270. The van der Waals surface area contributed by atoms with E-state index < -0.39 is 29.8 Å². The second kappa shape index (κ2) is 9.58. The van der Waals surface area contributed by atoms with Crippen molar-refractivity contribution in [1.29, 1.82) is 0 Å². The van der Waals surface area contributed by atoms with Crippen LogP contribution in [-0.4, -0.2) is 49.6 Å². The zero-order chi connectivity index (χ0) is 23.4. The van der Waals surface area contributed by atoms with Gasteiger partial charge in [-0.05, 0) is 35.2 Å². The van der Waals surface area contributed by atoms with Crippen LogP contribution in [0.3, 0.4) is 0 Å². The highest BCUT2D eigenvalue weighted by Crippen LogP contribution is 2.21. The number of hydrogen-bond donors (Lipinski definition) is 4. The second-order valence-corrected chi connectivity index (χ2v) is 7.69. The first-order valence-electron chi connectivity index (χ1n) is 10.3. The fraction of sp³-hybridized carbons (Fsp3) is 0.167. The third-order valence-corrected chi connectivity index (χ3v) is 5.32. The molecule has 33 heavy (non-hydrogen) atoms. The number of aliphatic hydroxyl groups excluding tert-OH is 1. The average Bonchev–Trinajstić information content (AvgIpc) is 3.29. The molecule has 0 saturated carbocycles. The van der Waals surface area contributed by atoms with Crippen LogP contribution in [0.4, 0.5) is 4.39 Å². The fourth-order valence-corrected chi connectivity index (χ4v) is 3.62. The molecule has 1 heterocycles. The number of nitrogens with zero attached hydrogens (tertiary/aromatic N) is 2. The minimum Gasteiger partial charge on any atom is -0.479 e. The number of carboxylic acids is 1. The smallest absolute Gasteiger partial charge is 0.332 e. The van der Waals surface area contributed by atoms with Crippen molar-refractivity contribution < 1.29 is 24.2 Å². The van der Waals surface area contributed by atoms with E-state index in [2.05, 4.69) is 20.7 Å². The molecule has 2 atom stereocenters. The molecule has 1 unspecified atom stereocenters. The summed E-state index contributed by atoms with van der Waals surface area (Å²) >= 11 is 0. The van der Waals surface area contributed by atoms with E-state index in [4.69, 9.17) is 5.11 Å². The first-order chi connectivity index (χ1) is 15.9. The van der Waals surface area contributed by atoms with E-state index in [1.165, 1.54) is 6.07 Å². The Kier molecular flexibility index (Phi) is 6.41. The van der Waals surface area contributed by atoms with Gasteiger partial charge in [0, 0.05) is 18.0 Å². The van der Waals surface area contributed by atoms with E-state index in [9.17, 15) is 19.1 Å². The minimum atomic E-state index is -1.66. The van der Waals surface area contributed by atoms with Crippen molar-refractivity contribution in [3.05, 3.63) is 83.7 Å². The Hall–Kier alpha value is -4.11. The van der Waals surface area contributed by atoms with Crippen LogP contribution in [0.15, 0.2) is 66.7 Å². The van der Waals surface area contributed by atoms with E-state index in [1.54, 1.807) is 0 Å². The number of halogens is 1. The SMILES string of the molecule is O=C(NC(Cc1ccc(-c2ccccc2)cc1)C[C@@H](O)C(=O)O)c1cc(F)c2[nH]nnc2c1. The van der Waals surface area contributed by atoms with Crippen LogP contribution < -0.4 is 5.32 Å². The molecule has 3 aromatic carbocycles. The molecule has 8 nitrogen and oxygen atoms in total. The molecule has 1 amide bonds. The predicted octanol–water partition coefficient (Wildman–Crippen LogP) is 2.94. The van der Waals surface area contributed by atoms with Gasteiger partial charge in [0.25, 0.3) is 5.91 Å². The Balaban J connectivity index is 1.53. The molecule has 0 aliphatic heterocycles. The molecule has 0 aliphatic carbocycles. The van der Waals surface area contributed by atoms with Gasteiger partial charge in [-0.2, -0.15) is 0 Å². The van der Waals surface area contributed by atoms with Crippen LogP contribution in [-0.2, 0) is 11.2 Å². The number of fused-ring (bicyclic) bond motifs is 1. The summed E-state index contributed by atoms with van der Waals surface area (Å²) in [5.41, 5.74) is 3.21. The minimum absolute atomic E-state index is 0.0168. The van der Waals surface area contributed by atoms with Gasteiger partial charge in [-0.1, -0.05) is 59.8 Å². The Labute approximate surface area is 188 Å². The van der Waals surface area contributed by atoms with E-state index in [0.29, 0.717) is 0 Å². The van der Waals surface area contributed by atoms with Crippen molar-refractivity contribution in [1.82, 2.24) is 20.7 Å². The third-order valence-electron chi connectivity index (χ3n) is 5.32. The number of amides is 1. The van der Waals surface area contributed by atoms with Gasteiger partial charge in [-0.15, -0.1) is 5.10 Å². The van der Waals surface area contributed by atoms with Gasteiger partial charge < -0.3 is 15.5 Å². The lowest BCUT2D eigenvalue weighted by Crippen LogP contribution is -2.40. The van der Waals surface area contributed by atoms with Crippen LogP contribution in [0.1, 0.15) is 22.3 Å². The summed E-state index contributed by atoms with van der Waals surface area (Å²) in [6.45, 7) is 0. The van der Waals surface area contributed by atoms with Crippen LogP contribution in [0.5, 0.6) is 0 Å². The van der Waals surface area contributed by atoms with Gasteiger partial charge in [-0.3, -0.25) is 9.89 Å². The Morgan fingerprint density at radius 3 is 2.42 bits per heavy atom. The van der Waals surface area contributed by atoms with Gasteiger partial charge in [0.2, 0.25) is 0 Å². The zero-order valence-electron chi connectivity index (χ0n) is 17.4. The van der Waals surface area contributed by atoms with Crippen molar-refractivity contribution in [2.75, 3.05) is 0 Å². The number of H-pyrrole nitrogens is 1. The number of aliphatic hydroxyl groups is 1. The quantitative estimate of drug-likeness (QED) is 0.328. The molecule has 168 valence electrons. The molecule has 0 radical (unpaired) electrons. The molecule has 4 aromatic rings. The maximum absolute atomic E-state index is 14.2. The number of aromatic amines is 1. The van der Waals surface area contributed by atoms with E-state index in [1.807, 2.05) is 54.6 Å². The topological polar surface area (TPSA) is 128 Å². The number of aliphatic carboxylic acids is 1. The summed E-state index contributed by atoms with van der Waals surface area (Å²) < 4.78 is 14.2. The monoisotopic (exact) mass is 448 g/mol. The summed E-state index contributed by atoms with van der Waals surface area (Å²) in [6, 6.07) is 19.2. The third kappa shape index (κ3) is 5.21. The van der Waals surface area contributed by atoms with Crippen molar-refractivity contribution >= 4 is 22.9 Å². The van der Waals surface area contributed by atoms with Crippen LogP contribution >= 0.6 is 0 Å². The standard InChI is InChI=1S/C24H21FN4O4/c25-19-11-17(12-20-22(19)28-29-27-20)23(31)26-18(13-21(30)24(32)33)10-14-6-8-16(9-7-14)15-4-2-1-3-5-15/h1-9,11-12,18,21,30H,10,13H2,(H,26,31)(H,32,33)(H,27,28,29)/t18?,21-/m1/s1. The maximum Gasteiger partial charge on any atom is 0.332 e. The number of nitrogens with one attached hydrogen (secondary N) is 2. The summed E-state index contributed by atoms with van der Waals surface area (Å²) in [7, 11) is 0. The number of rotatable bonds is 8. The fourth-order valence-electron chi connectivity index (χ4n) is 3.62. The lowest BCUT2D eigenvalue weighted by molar-refractivity contribution is -0.147.